The normalized spacial score (nSPS) is 15.3. The summed E-state index contributed by atoms with van der Waals surface area (Å²) in [6.45, 7) is 0.367. The summed E-state index contributed by atoms with van der Waals surface area (Å²) in [5, 5.41) is 0. The molecule has 1 aromatic carbocycles. The first-order chi connectivity index (χ1) is 8.18. The number of hydrogen-bond donors (Lipinski definition) is 1. The number of primary amides is 1. The maximum absolute atomic E-state index is 12.0. The standard InChI is InChI=1S/C12H14N2O2S/c13-11(15)5-7-14-9-3-1-2-4-10(9)17-8-6-12(14)16/h1-4H,5-8H2,(H2,13,15). The molecule has 1 aliphatic rings. The van der Waals surface area contributed by atoms with Crippen molar-refractivity contribution in [3.63, 3.8) is 0 Å². The van der Waals surface area contributed by atoms with E-state index in [4.69, 9.17) is 5.73 Å². The predicted octanol–water partition coefficient (Wildman–Crippen LogP) is 1.39. The lowest BCUT2D eigenvalue weighted by atomic mass is 10.2. The van der Waals surface area contributed by atoms with Crippen molar-refractivity contribution < 1.29 is 9.59 Å². The molecular formula is C12H14N2O2S. The molecule has 0 unspecified atom stereocenters. The van der Waals surface area contributed by atoms with Crippen LogP contribution in [0, 0.1) is 0 Å². The van der Waals surface area contributed by atoms with Crippen molar-refractivity contribution in [3.05, 3.63) is 24.3 Å². The number of nitrogens with zero attached hydrogens (tertiary/aromatic N) is 1. The summed E-state index contributed by atoms with van der Waals surface area (Å²) >= 11 is 1.67. The minimum Gasteiger partial charge on any atom is -0.370 e. The number of hydrogen-bond acceptors (Lipinski definition) is 3. The topological polar surface area (TPSA) is 63.4 Å². The van der Waals surface area contributed by atoms with Gasteiger partial charge in [-0.15, -0.1) is 11.8 Å². The molecule has 0 fully saturated rings. The van der Waals surface area contributed by atoms with E-state index in [0.29, 0.717) is 13.0 Å². The lowest BCUT2D eigenvalue weighted by Crippen LogP contribution is -2.33. The van der Waals surface area contributed by atoms with Gasteiger partial charge in [-0.05, 0) is 12.1 Å². The van der Waals surface area contributed by atoms with Crippen LogP contribution < -0.4 is 10.6 Å². The highest BCUT2D eigenvalue weighted by Crippen LogP contribution is 2.33. The summed E-state index contributed by atoms with van der Waals surface area (Å²) in [6.07, 6.45) is 0.697. The first-order valence-corrected chi connectivity index (χ1v) is 6.47. The summed E-state index contributed by atoms with van der Waals surface area (Å²) < 4.78 is 0. The fraction of sp³-hybridized carbons (Fsp3) is 0.333. The van der Waals surface area contributed by atoms with Gasteiger partial charge in [-0.2, -0.15) is 0 Å². The number of para-hydroxylation sites is 1. The third-order valence-corrected chi connectivity index (χ3v) is 3.68. The van der Waals surface area contributed by atoms with Crippen LogP contribution in [0.15, 0.2) is 29.2 Å². The van der Waals surface area contributed by atoms with Gasteiger partial charge in [-0.1, -0.05) is 12.1 Å². The molecule has 17 heavy (non-hydrogen) atoms. The molecular weight excluding hydrogens is 236 g/mol. The molecule has 0 aromatic heterocycles. The molecule has 0 saturated heterocycles. The van der Waals surface area contributed by atoms with E-state index in [9.17, 15) is 9.59 Å². The molecule has 2 amide bonds. The number of amides is 2. The van der Waals surface area contributed by atoms with Crippen LogP contribution in [0.2, 0.25) is 0 Å². The molecule has 0 radical (unpaired) electrons. The first-order valence-electron chi connectivity index (χ1n) is 5.49. The number of fused-ring (bicyclic) bond motifs is 1. The van der Waals surface area contributed by atoms with Gasteiger partial charge in [0.15, 0.2) is 0 Å². The van der Waals surface area contributed by atoms with Crippen LogP contribution in [-0.4, -0.2) is 24.1 Å². The van der Waals surface area contributed by atoms with E-state index < -0.39 is 0 Å². The van der Waals surface area contributed by atoms with Gasteiger partial charge >= 0.3 is 0 Å². The Kier molecular flexibility index (Phi) is 3.68. The SMILES string of the molecule is NC(=O)CCN1C(=O)CCSc2ccccc21. The van der Waals surface area contributed by atoms with Gasteiger partial charge in [0.25, 0.3) is 0 Å². The van der Waals surface area contributed by atoms with Gasteiger partial charge in [0.05, 0.1) is 5.69 Å². The van der Waals surface area contributed by atoms with Crippen molar-refractivity contribution in [2.75, 3.05) is 17.2 Å². The molecule has 4 nitrogen and oxygen atoms in total. The molecule has 0 aliphatic carbocycles. The number of carbonyl (C=O) groups is 2. The molecule has 90 valence electrons. The second-order valence-electron chi connectivity index (χ2n) is 3.83. The van der Waals surface area contributed by atoms with Gasteiger partial charge in [-0.25, -0.2) is 0 Å². The minimum atomic E-state index is -0.382. The molecule has 2 N–H and O–H groups in total. The third kappa shape index (κ3) is 2.79. The number of rotatable bonds is 3. The Morgan fingerprint density at radius 1 is 1.41 bits per heavy atom. The van der Waals surface area contributed by atoms with E-state index in [1.807, 2.05) is 24.3 Å². The molecule has 0 atom stereocenters. The third-order valence-electron chi connectivity index (χ3n) is 2.61. The van der Waals surface area contributed by atoms with Gasteiger partial charge < -0.3 is 10.6 Å². The average Bonchev–Trinajstić information content (AvgIpc) is 2.45. The van der Waals surface area contributed by atoms with Gasteiger partial charge in [0.2, 0.25) is 11.8 Å². The molecule has 5 heteroatoms. The zero-order valence-electron chi connectivity index (χ0n) is 9.39. The Morgan fingerprint density at radius 3 is 2.94 bits per heavy atom. The van der Waals surface area contributed by atoms with E-state index in [2.05, 4.69) is 0 Å². The predicted molar refractivity (Wildman–Crippen MR) is 67.9 cm³/mol. The zero-order chi connectivity index (χ0) is 12.3. The highest BCUT2D eigenvalue weighted by molar-refractivity contribution is 7.99. The van der Waals surface area contributed by atoms with Crippen LogP contribution >= 0.6 is 11.8 Å². The van der Waals surface area contributed by atoms with E-state index in [1.165, 1.54) is 0 Å². The number of anilines is 1. The number of benzene rings is 1. The Balaban J connectivity index is 2.27. The van der Waals surface area contributed by atoms with Crippen LogP contribution in [-0.2, 0) is 9.59 Å². The smallest absolute Gasteiger partial charge is 0.227 e. The summed E-state index contributed by atoms with van der Waals surface area (Å²) in [5.74, 6) is 0.457. The van der Waals surface area contributed by atoms with Crippen molar-refractivity contribution in [1.82, 2.24) is 0 Å². The van der Waals surface area contributed by atoms with Crippen LogP contribution in [0.4, 0.5) is 5.69 Å². The Labute approximate surface area is 104 Å². The van der Waals surface area contributed by atoms with Crippen molar-refractivity contribution >= 4 is 29.3 Å². The molecule has 0 spiro atoms. The maximum Gasteiger partial charge on any atom is 0.227 e. The largest absolute Gasteiger partial charge is 0.370 e. The van der Waals surface area contributed by atoms with E-state index in [0.717, 1.165) is 16.3 Å². The zero-order valence-corrected chi connectivity index (χ0v) is 10.2. The summed E-state index contributed by atoms with van der Waals surface area (Å²) in [5.41, 5.74) is 6.02. The van der Waals surface area contributed by atoms with Crippen molar-refractivity contribution in [2.45, 2.75) is 17.7 Å². The minimum absolute atomic E-state index is 0.0590. The van der Waals surface area contributed by atoms with Crippen LogP contribution in [0.3, 0.4) is 0 Å². The fourth-order valence-corrected chi connectivity index (χ4v) is 2.78. The van der Waals surface area contributed by atoms with E-state index in [-0.39, 0.29) is 18.2 Å². The van der Waals surface area contributed by atoms with Crippen LogP contribution in [0.25, 0.3) is 0 Å². The Hall–Kier alpha value is -1.49. The molecule has 0 bridgehead atoms. The Morgan fingerprint density at radius 2 is 2.18 bits per heavy atom. The van der Waals surface area contributed by atoms with E-state index >= 15 is 0 Å². The molecule has 1 heterocycles. The van der Waals surface area contributed by atoms with Gasteiger partial charge in [-0.3, -0.25) is 9.59 Å². The lowest BCUT2D eigenvalue weighted by Gasteiger charge is -2.21. The fourth-order valence-electron chi connectivity index (χ4n) is 1.79. The molecule has 1 aliphatic heterocycles. The quantitative estimate of drug-likeness (QED) is 0.881. The number of carbonyl (C=O) groups excluding carboxylic acids is 2. The maximum atomic E-state index is 12.0. The lowest BCUT2D eigenvalue weighted by molar-refractivity contribution is -0.118. The van der Waals surface area contributed by atoms with Crippen molar-refractivity contribution in [1.29, 1.82) is 0 Å². The second kappa shape index (κ2) is 5.23. The average molecular weight is 250 g/mol. The number of thioether (sulfide) groups is 1. The van der Waals surface area contributed by atoms with Crippen molar-refractivity contribution in [2.24, 2.45) is 5.73 Å². The number of nitrogens with two attached hydrogens (primary N) is 1. The van der Waals surface area contributed by atoms with Crippen LogP contribution in [0.5, 0.6) is 0 Å². The van der Waals surface area contributed by atoms with E-state index in [1.54, 1.807) is 16.7 Å². The van der Waals surface area contributed by atoms with Gasteiger partial charge in [0.1, 0.15) is 0 Å². The molecule has 1 aromatic rings. The summed E-state index contributed by atoms with van der Waals surface area (Å²) in [6, 6.07) is 7.76. The van der Waals surface area contributed by atoms with Gasteiger partial charge in [0, 0.05) is 30.0 Å². The monoisotopic (exact) mass is 250 g/mol. The van der Waals surface area contributed by atoms with Crippen molar-refractivity contribution in [3.8, 4) is 0 Å². The Bertz CT molecular complexity index is 448. The molecule has 0 saturated carbocycles. The highest BCUT2D eigenvalue weighted by Gasteiger charge is 2.22. The summed E-state index contributed by atoms with van der Waals surface area (Å²) in [7, 11) is 0. The molecule has 2 rings (SSSR count). The first kappa shape index (κ1) is 12.0. The summed E-state index contributed by atoms with van der Waals surface area (Å²) in [4.78, 5) is 25.5. The second-order valence-corrected chi connectivity index (χ2v) is 4.96. The van der Waals surface area contributed by atoms with Crippen LogP contribution in [0.1, 0.15) is 12.8 Å². The highest BCUT2D eigenvalue weighted by atomic mass is 32.2.